The summed E-state index contributed by atoms with van der Waals surface area (Å²) in [5.41, 5.74) is 0. The summed E-state index contributed by atoms with van der Waals surface area (Å²) in [5, 5.41) is 0. The van der Waals surface area contributed by atoms with Gasteiger partial charge < -0.3 is 4.90 Å². The fourth-order valence-corrected chi connectivity index (χ4v) is 2.36. The SMILES string of the molecule is CC=CN(C=CC)CCCCCCCCCCCC. The molecular weight excluding hydrogens is 230 g/mol. The van der Waals surface area contributed by atoms with Gasteiger partial charge in [0.1, 0.15) is 0 Å². The lowest BCUT2D eigenvalue weighted by Gasteiger charge is -2.14. The maximum atomic E-state index is 2.28. The molecule has 0 aromatic carbocycles. The van der Waals surface area contributed by atoms with E-state index in [0.29, 0.717) is 0 Å². The third-order valence-corrected chi connectivity index (χ3v) is 3.45. The first-order valence-corrected chi connectivity index (χ1v) is 8.36. The zero-order valence-corrected chi connectivity index (χ0v) is 13.5. The molecule has 0 fully saturated rings. The number of nitrogens with zero attached hydrogens (tertiary/aromatic N) is 1. The van der Waals surface area contributed by atoms with Crippen LogP contribution >= 0.6 is 0 Å². The number of rotatable bonds is 13. The van der Waals surface area contributed by atoms with Gasteiger partial charge in [-0.05, 0) is 32.7 Å². The van der Waals surface area contributed by atoms with Crippen LogP contribution in [0.25, 0.3) is 0 Å². The molecule has 0 aromatic rings. The van der Waals surface area contributed by atoms with Crippen molar-refractivity contribution in [2.45, 2.75) is 85.0 Å². The summed E-state index contributed by atoms with van der Waals surface area (Å²) in [4.78, 5) is 2.28. The predicted molar refractivity (Wildman–Crippen MR) is 88.2 cm³/mol. The van der Waals surface area contributed by atoms with Crippen molar-refractivity contribution >= 4 is 0 Å². The van der Waals surface area contributed by atoms with Gasteiger partial charge in [0.05, 0.1) is 0 Å². The summed E-state index contributed by atoms with van der Waals surface area (Å²) in [6.45, 7) is 7.60. The highest BCUT2D eigenvalue weighted by atomic mass is 15.1. The smallest absolute Gasteiger partial charge is 0.0219 e. The Bertz CT molecular complexity index is 206. The van der Waals surface area contributed by atoms with E-state index >= 15 is 0 Å². The molecule has 1 nitrogen and oxygen atoms in total. The van der Waals surface area contributed by atoms with Gasteiger partial charge in [-0.2, -0.15) is 0 Å². The van der Waals surface area contributed by atoms with Gasteiger partial charge in [0.25, 0.3) is 0 Å². The molecule has 0 radical (unpaired) electrons. The molecule has 0 saturated carbocycles. The Hall–Kier alpha value is -0.720. The molecule has 0 saturated heterocycles. The molecule has 0 aliphatic rings. The van der Waals surface area contributed by atoms with Crippen LogP contribution in [0, 0.1) is 0 Å². The molecular formula is C18H35N. The average Bonchev–Trinajstić information content (AvgIpc) is 2.41. The molecule has 1 heteroatoms. The fraction of sp³-hybridized carbons (Fsp3) is 0.778. The standard InChI is InChI=1S/C18H35N/c1-4-7-8-9-10-11-12-13-14-15-18-19(16-5-2)17-6-3/h5-6,16-17H,4,7-15,18H2,1-3H3. The Kier molecular flexibility index (Phi) is 14.8. The van der Waals surface area contributed by atoms with Crippen molar-refractivity contribution in [2.75, 3.05) is 6.54 Å². The Morgan fingerprint density at radius 1 is 0.632 bits per heavy atom. The van der Waals surface area contributed by atoms with Crippen molar-refractivity contribution in [1.82, 2.24) is 4.90 Å². The van der Waals surface area contributed by atoms with E-state index in [1.165, 1.54) is 64.2 Å². The van der Waals surface area contributed by atoms with Gasteiger partial charge in [0, 0.05) is 6.54 Å². The van der Waals surface area contributed by atoms with Crippen LogP contribution < -0.4 is 0 Å². The quantitative estimate of drug-likeness (QED) is 0.354. The van der Waals surface area contributed by atoms with E-state index in [2.05, 4.69) is 50.2 Å². The van der Waals surface area contributed by atoms with E-state index in [4.69, 9.17) is 0 Å². The van der Waals surface area contributed by atoms with Crippen molar-refractivity contribution in [3.8, 4) is 0 Å². The van der Waals surface area contributed by atoms with Gasteiger partial charge in [-0.25, -0.2) is 0 Å². The van der Waals surface area contributed by atoms with Crippen LogP contribution in [0.5, 0.6) is 0 Å². The second-order valence-corrected chi connectivity index (χ2v) is 5.38. The van der Waals surface area contributed by atoms with E-state index in [-0.39, 0.29) is 0 Å². The van der Waals surface area contributed by atoms with Crippen molar-refractivity contribution in [1.29, 1.82) is 0 Å². The summed E-state index contributed by atoms with van der Waals surface area (Å²) in [7, 11) is 0. The highest BCUT2D eigenvalue weighted by Gasteiger charge is 1.95. The summed E-state index contributed by atoms with van der Waals surface area (Å²) >= 11 is 0. The van der Waals surface area contributed by atoms with Crippen LogP contribution in [0.15, 0.2) is 24.6 Å². The van der Waals surface area contributed by atoms with Gasteiger partial charge in [-0.3, -0.25) is 0 Å². The molecule has 0 N–H and O–H groups in total. The third kappa shape index (κ3) is 13.5. The zero-order valence-electron chi connectivity index (χ0n) is 13.5. The second-order valence-electron chi connectivity index (χ2n) is 5.38. The summed E-state index contributed by atoms with van der Waals surface area (Å²) < 4.78 is 0. The lowest BCUT2D eigenvalue weighted by molar-refractivity contribution is 0.463. The van der Waals surface area contributed by atoms with Crippen molar-refractivity contribution in [3.63, 3.8) is 0 Å². The summed E-state index contributed by atoms with van der Waals surface area (Å²) in [5.74, 6) is 0. The summed E-state index contributed by atoms with van der Waals surface area (Å²) in [6, 6.07) is 0. The number of allylic oxidation sites excluding steroid dienone is 2. The number of unbranched alkanes of at least 4 members (excludes halogenated alkanes) is 9. The topological polar surface area (TPSA) is 3.24 Å². The minimum atomic E-state index is 1.16. The molecule has 0 atom stereocenters. The second kappa shape index (κ2) is 15.3. The van der Waals surface area contributed by atoms with E-state index < -0.39 is 0 Å². The minimum absolute atomic E-state index is 1.16. The van der Waals surface area contributed by atoms with Crippen LogP contribution in [0.4, 0.5) is 0 Å². The third-order valence-electron chi connectivity index (χ3n) is 3.45. The van der Waals surface area contributed by atoms with Crippen LogP contribution in [-0.4, -0.2) is 11.4 Å². The van der Waals surface area contributed by atoms with Crippen molar-refractivity contribution in [2.24, 2.45) is 0 Å². The molecule has 0 aliphatic carbocycles. The number of hydrogen-bond donors (Lipinski definition) is 0. The Labute approximate surface area is 121 Å². The van der Waals surface area contributed by atoms with Crippen LogP contribution in [0.3, 0.4) is 0 Å². The van der Waals surface area contributed by atoms with Crippen molar-refractivity contribution < 1.29 is 0 Å². The van der Waals surface area contributed by atoms with E-state index in [1.807, 2.05) is 0 Å². The first kappa shape index (κ1) is 18.3. The molecule has 0 unspecified atom stereocenters. The lowest BCUT2D eigenvalue weighted by atomic mass is 10.1. The minimum Gasteiger partial charge on any atom is -0.355 e. The molecule has 0 aromatic heterocycles. The maximum absolute atomic E-state index is 2.28. The first-order valence-electron chi connectivity index (χ1n) is 8.36. The van der Waals surface area contributed by atoms with Gasteiger partial charge >= 0.3 is 0 Å². The zero-order chi connectivity index (χ0) is 14.2. The average molecular weight is 265 g/mol. The number of hydrogen-bond acceptors (Lipinski definition) is 1. The van der Waals surface area contributed by atoms with E-state index in [0.717, 1.165) is 6.54 Å². The molecule has 19 heavy (non-hydrogen) atoms. The Morgan fingerprint density at radius 2 is 1.05 bits per heavy atom. The molecule has 112 valence electrons. The molecule has 0 rings (SSSR count). The van der Waals surface area contributed by atoms with E-state index in [9.17, 15) is 0 Å². The molecule has 0 spiro atoms. The van der Waals surface area contributed by atoms with Gasteiger partial charge in [-0.15, -0.1) is 0 Å². The highest BCUT2D eigenvalue weighted by Crippen LogP contribution is 2.10. The monoisotopic (exact) mass is 265 g/mol. The Balaban J connectivity index is 3.29. The normalized spacial score (nSPS) is 11.7. The largest absolute Gasteiger partial charge is 0.355 e. The fourth-order valence-electron chi connectivity index (χ4n) is 2.36. The lowest BCUT2D eigenvalue weighted by Crippen LogP contribution is -2.10. The van der Waals surface area contributed by atoms with Crippen LogP contribution in [-0.2, 0) is 0 Å². The van der Waals surface area contributed by atoms with Crippen LogP contribution in [0.2, 0.25) is 0 Å². The highest BCUT2D eigenvalue weighted by molar-refractivity contribution is 4.88. The van der Waals surface area contributed by atoms with Crippen LogP contribution in [0.1, 0.15) is 85.0 Å². The van der Waals surface area contributed by atoms with Crippen molar-refractivity contribution in [3.05, 3.63) is 24.6 Å². The van der Waals surface area contributed by atoms with Gasteiger partial charge in [0.2, 0.25) is 0 Å². The maximum Gasteiger partial charge on any atom is 0.0219 e. The van der Waals surface area contributed by atoms with Gasteiger partial charge in [0.15, 0.2) is 0 Å². The van der Waals surface area contributed by atoms with Gasteiger partial charge in [-0.1, -0.05) is 76.9 Å². The molecule has 0 amide bonds. The molecule has 0 aliphatic heterocycles. The predicted octanol–water partition coefficient (Wildman–Crippen LogP) is 6.28. The molecule has 0 heterocycles. The van der Waals surface area contributed by atoms with E-state index in [1.54, 1.807) is 0 Å². The Morgan fingerprint density at radius 3 is 1.47 bits per heavy atom. The first-order chi connectivity index (χ1) is 9.35. The molecule has 0 bridgehead atoms. The summed E-state index contributed by atoms with van der Waals surface area (Å²) in [6.07, 6.45) is 22.6.